The highest BCUT2D eigenvalue weighted by atomic mass is 79.9. The largest absolute Gasteiger partial charge is 0.351 e. The lowest BCUT2D eigenvalue weighted by atomic mass is 9.81. The molecule has 0 aliphatic heterocycles. The van der Waals surface area contributed by atoms with Crippen molar-refractivity contribution >= 4 is 21.8 Å². The molecule has 1 N–H and O–H groups in total. The van der Waals surface area contributed by atoms with E-state index in [0.717, 1.165) is 24.8 Å². The first-order chi connectivity index (χ1) is 9.15. The van der Waals surface area contributed by atoms with E-state index in [-0.39, 0.29) is 5.91 Å². The predicted molar refractivity (Wildman–Crippen MR) is 80.0 cm³/mol. The third-order valence-electron chi connectivity index (χ3n) is 3.92. The Labute approximate surface area is 123 Å². The zero-order chi connectivity index (χ0) is 13.7. The predicted octanol–water partition coefficient (Wildman–Crippen LogP) is 3.79. The van der Waals surface area contributed by atoms with Crippen LogP contribution in [0.3, 0.4) is 0 Å². The third-order valence-corrected chi connectivity index (χ3v) is 4.36. The highest BCUT2D eigenvalue weighted by Gasteiger charge is 2.18. The zero-order valence-corrected chi connectivity index (χ0v) is 12.9. The molecule has 1 fully saturated rings. The van der Waals surface area contributed by atoms with Crippen LogP contribution in [0.4, 0.5) is 0 Å². The quantitative estimate of drug-likeness (QED) is 0.856. The fourth-order valence-corrected chi connectivity index (χ4v) is 2.98. The van der Waals surface area contributed by atoms with E-state index >= 15 is 0 Å². The van der Waals surface area contributed by atoms with E-state index in [1.807, 2.05) is 12.1 Å². The molecule has 1 saturated carbocycles. The van der Waals surface area contributed by atoms with Crippen molar-refractivity contribution in [3.63, 3.8) is 0 Å². The Hall–Kier alpha value is -0.900. The van der Waals surface area contributed by atoms with Gasteiger partial charge in [0.2, 0.25) is 0 Å². The normalized spacial score (nSPS) is 23.1. The van der Waals surface area contributed by atoms with Gasteiger partial charge in [-0.1, -0.05) is 38.7 Å². The number of nitrogens with zero attached hydrogens (tertiary/aromatic N) is 1. The number of carbonyl (C=O) groups excluding carboxylic acids is 1. The van der Waals surface area contributed by atoms with Gasteiger partial charge in [-0.15, -0.1) is 0 Å². The van der Waals surface area contributed by atoms with Gasteiger partial charge < -0.3 is 5.32 Å². The van der Waals surface area contributed by atoms with Gasteiger partial charge in [0.1, 0.15) is 10.3 Å². The van der Waals surface area contributed by atoms with Gasteiger partial charge in [0.05, 0.1) is 0 Å². The minimum absolute atomic E-state index is 0.0783. The Bertz CT molecular complexity index is 428. The molecule has 1 aliphatic rings. The molecule has 4 heteroatoms. The summed E-state index contributed by atoms with van der Waals surface area (Å²) in [5.74, 6) is 1.59. The maximum absolute atomic E-state index is 11.9. The average molecular weight is 325 g/mol. The second kappa shape index (κ2) is 7.04. The van der Waals surface area contributed by atoms with Crippen molar-refractivity contribution < 1.29 is 4.79 Å². The van der Waals surface area contributed by atoms with Crippen molar-refractivity contribution in [2.45, 2.75) is 39.0 Å². The summed E-state index contributed by atoms with van der Waals surface area (Å²) in [5, 5.41) is 2.96. The number of carbonyl (C=O) groups is 1. The molecule has 0 atom stereocenters. The van der Waals surface area contributed by atoms with E-state index in [4.69, 9.17) is 0 Å². The highest BCUT2D eigenvalue weighted by molar-refractivity contribution is 9.10. The molecule has 1 aromatic heterocycles. The molecule has 0 bridgehead atoms. The van der Waals surface area contributed by atoms with Crippen LogP contribution < -0.4 is 5.32 Å². The number of amides is 1. The Morgan fingerprint density at radius 2 is 2.11 bits per heavy atom. The van der Waals surface area contributed by atoms with Gasteiger partial charge in [-0.3, -0.25) is 4.79 Å². The number of aromatic nitrogens is 1. The maximum Gasteiger partial charge on any atom is 0.269 e. The Balaban J connectivity index is 1.72. The van der Waals surface area contributed by atoms with E-state index in [1.165, 1.54) is 25.7 Å². The molecule has 1 heterocycles. The van der Waals surface area contributed by atoms with Crippen molar-refractivity contribution in [1.82, 2.24) is 10.3 Å². The SMILES string of the molecule is CC1CCC(CCNC(=O)c2cccc(Br)n2)CC1. The van der Waals surface area contributed by atoms with Gasteiger partial charge in [0.15, 0.2) is 0 Å². The Morgan fingerprint density at radius 3 is 2.79 bits per heavy atom. The van der Waals surface area contributed by atoms with Crippen molar-refractivity contribution in [3.05, 3.63) is 28.5 Å². The van der Waals surface area contributed by atoms with Crippen molar-refractivity contribution in [2.24, 2.45) is 11.8 Å². The van der Waals surface area contributed by atoms with Gasteiger partial charge in [-0.2, -0.15) is 0 Å². The number of hydrogen-bond donors (Lipinski definition) is 1. The maximum atomic E-state index is 11.9. The second-order valence-electron chi connectivity index (χ2n) is 5.52. The standard InChI is InChI=1S/C15H21BrN2O/c1-11-5-7-12(8-6-11)9-10-17-15(19)13-3-2-4-14(16)18-13/h2-4,11-12H,5-10H2,1H3,(H,17,19). The van der Waals surface area contributed by atoms with Crippen LogP contribution in [0.1, 0.15) is 49.5 Å². The lowest BCUT2D eigenvalue weighted by molar-refractivity contribution is 0.0944. The van der Waals surface area contributed by atoms with Gasteiger partial charge in [-0.25, -0.2) is 4.98 Å². The number of halogens is 1. The molecule has 1 aliphatic carbocycles. The number of pyridine rings is 1. The molecule has 0 aromatic carbocycles. The molecular weight excluding hydrogens is 304 g/mol. The molecule has 0 saturated heterocycles. The van der Waals surface area contributed by atoms with E-state index < -0.39 is 0 Å². The fourth-order valence-electron chi connectivity index (χ4n) is 2.63. The van der Waals surface area contributed by atoms with Crippen LogP contribution >= 0.6 is 15.9 Å². The molecule has 104 valence electrons. The summed E-state index contributed by atoms with van der Waals surface area (Å²) >= 11 is 3.28. The minimum atomic E-state index is -0.0783. The average Bonchev–Trinajstić information content (AvgIpc) is 2.41. The van der Waals surface area contributed by atoms with Gasteiger partial charge >= 0.3 is 0 Å². The van der Waals surface area contributed by atoms with Crippen molar-refractivity contribution in [1.29, 1.82) is 0 Å². The molecule has 2 rings (SSSR count). The first-order valence-electron chi connectivity index (χ1n) is 7.06. The van der Waals surface area contributed by atoms with E-state index in [2.05, 4.69) is 33.2 Å². The molecule has 3 nitrogen and oxygen atoms in total. The van der Waals surface area contributed by atoms with Gasteiger partial charge in [0, 0.05) is 6.54 Å². The molecule has 0 unspecified atom stereocenters. The number of nitrogens with one attached hydrogen (secondary N) is 1. The first-order valence-corrected chi connectivity index (χ1v) is 7.85. The molecule has 0 spiro atoms. The summed E-state index contributed by atoms with van der Waals surface area (Å²) in [6.45, 7) is 3.09. The van der Waals surface area contributed by atoms with E-state index in [0.29, 0.717) is 10.3 Å². The fraction of sp³-hybridized carbons (Fsp3) is 0.600. The number of hydrogen-bond acceptors (Lipinski definition) is 2. The monoisotopic (exact) mass is 324 g/mol. The molecule has 1 amide bonds. The second-order valence-corrected chi connectivity index (χ2v) is 6.33. The summed E-state index contributed by atoms with van der Waals surface area (Å²) in [6, 6.07) is 5.39. The zero-order valence-electron chi connectivity index (χ0n) is 11.4. The van der Waals surface area contributed by atoms with Crippen LogP contribution in [0.5, 0.6) is 0 Å². The first kappa shape index (κ1) is 14.5. The summed E-state index contributed by atoms with van der Waals surface area (Å²) in [7, 11) is 0. The van der Waals surface area contributed by atoms with Crippen LogP contribution in [0, 0.1) is 11.8 Å². The van der Waals surface area contributed by atoms with Crippen LogP contribution in [0.15, 0.2) is 22.8 Å². The van der Waals surface area contributed by atoms with Crippen LogP contribution in [0.25, 0.3) is 0 Å². The van der Waals surface area contributed by atoms with Crippen molar-refractivity contribution in [3.8, 4) is 0 Å². The molecule has 1 aromatic rings. The third kappa shape index (κ3) is 4.60. The smallest absolute Gasteiger partial charge is 0.269 e. The van der Waals surface area contributed by atoms with Gasteiger partial charge in [0.25, 0.3) is 5.91 Å². The van der Waals surface area contributed by atoms with E-state index in [9.17, 15) is 4.79 Å². The van der Waals surface area contributed by atoms with Crippen LogP contribution in [-0.4, -0.2) is 17.4 Å². The Morgan fingerprint density at radius 1 is 1.37 bits per heavy atom. The van der Waals surface area contributed by atoms with Gasteiger partial charge in [-0.05, 0) is 46.3 Å². The summed E-state index contributed by atoms with van der Waals surface area (Å²) in [5.41, 5.74) is 0.478. The number of rotatable bonds is 4. The molecule has 19 heavy (non-hydrogen) atoms. The molecular formula is C15H21BrN2O. The Kier molecular flexibility index (Phi) is 5.37. The van der Waals surface area contributed by atoms with Crippen molar-refractivity contribution in [2.75, 3.05) is 6.54 Å². The lowest BCUT2D eigenvalue weighted by Crippen LogP contribution is -2.27. The summed E-state index contributed by atoms with van der Waals surface area (Å²) in [4.78, 5) is 16.0. The topological polar surface area (TPSA) is 42.0 Å². The lowest BCUT2D eigenvalue weighted by Gasteiger charge is -2.26. The van der Waals surface area contributed by atoms with Crippen LogP contribution in [0.2, 0.25) is 0 Å². The van der Waals surface area contributed by atoms with Crippen LogP contribution in [-0.2, 0) is 0 Å². The van der Waals surface area contributed by atoms with E-state index in [1.54, 1.807) is 6.07 Å². The summed E-state index contributed by atoms with van der Waals surface area (Å²) < 4.78 is 0.696. The minimum Gasteiger partial charge on any atom is -0.351 e. The highest BCUT2D eigenvalue weighted by Crippen LogP contribution is 2.29. The molecule has 0 radical (unpaired) electrons. The summed E-state index contributed by atoms with van der Waals surface area (Å²) in [6.07, 6.45) is 6.39.